The summed E-state index contributed by atoms with van der Waals surface area (Å²) >= 11 is 5.86. The fourth-order valence-electron chi connectivity index (χ4n) is 3.12. The molecule has 0 unspecified atom stereocenters. The average Bonchev–Trinajstić information content (AvgIpc) is 2.83. The molecule has 0 aromatic heterocycles. The predicted molar refractivity (Wildman–Crippen MR) is 129 cm³/mol. The number of amides is 4. The van der Waals surface area contributed by atoms with E-state index in [0.717, 1.165) is 17.0 Å². The zero-order valence-electron chi connectivity index (χ0n) is 18.5. The Morgan fingerprint density at radius 2 is 1.69 bits per heavy atom. The molecule has 11 heteroatoms. The van der Waals surface area contributed by atoms with E-state index in [9.17, 15) is 22.8 Å². The SMILES string of the molecule is COc1ccccc1NC(=O)NCCN(C(=O)Nc1ccc(Cl)cc1)c1cccc(C(F)(F)F)c1. The van der Waals surface area contributed by atoms with Crippen LogP contribution in [0.1, 0.15) is 5.56 Å². The largest absolute Gasteiger partial charge is 0.495 e. The van der Waals surface area contributed by atoms with Gasteiger partial charge in [0.1, 0.15) is 5.75 Å². The van der Waals surface area contributed by atoms with Gasteiger partial charge in [-0.25, -0.2) is 9.59 Å². The first kappa shape index (κ1) is 25.7. The first-order valence-electron chi connectivity index (χ1n) is 10.4. The van der Waals surface area contributed by atoms with Crippen molar-refractivity contribution in [2.75, 3.05) is 35.7 Å². The molecule has 35 heavy (non-hydrogen) atoms. The quantitative estimate of drug-likeness (QED) is 0.355. The summed E-state index contributed by atoms with van der Waals surface area (Å²) in [5.41, 5.74) is -0.0552. The lowest BCUT2D eigenvalue weighted by Gasteiger charge is -2.24. The number of benzene rings is 3. The second-order valence-electron chi connectivity index (χ2n) is 7.22. The van der Waals surface area contributed by atoms with Crippen LogP contribution in [-0.4, -0.2) is 32.3 Å². The van der Waals surface area contributed by atoms with Crippen LogP contribution in [0, 0.1) is 0 Å². The molecule has 0 radical (unpaired) electrons. The van der Waals surface area contributed by atoms with Gasteiger partial charge in [0.15, 0.2) is 0 Å². The van der Waals surface area contributed by atoms with Crippen molar-refractivity contribution in [3.05, 3.63) is 83.4 Å². The molecule has 7 nitrogen and oxygen atoms in total. The standard InChI is InChI=1S/C24H22ClF3N4O3/c1-35-21-8-3-2-7-20(21)31-22(33)29-13-14-32(19-6-4-5-16(15-19)24(26,27)28)23(34)30-18-11-9-17(25)10-12-18/h2-12,15H,13-14H2,1H3,(H,30,34)(H2,29,31,33). The highest BCUT2D eigenvalue weighted by Gasteiger charge is 2.31. The lowest BCUT2D eigenvalue weighted by Crippen LogP contribution is -2.42. The van der Waals surface area contributed by atoms with Crippen LogP contribution in [0.25, 0.3) is 0 Å². The number of urea groups is 2. The van der Waals surface area contributed by atoms with Crippen LogP contribution in [0.3, 0.4) is 0 Å². The second-order valence-corrected chi connectivity index (χ2v) is 7.65. The molecule has 3 rings (SSSR count). The van der Waals surface area contributed by atoms with Gasteiger partial charge < -0.3 is 20.7 Å². The van der Waals surface area contributed by atoms with Crippen LogP contribution >= 0.6 is 11.6 Å². The molecule has 0 saturated heterocycles. The second kappa shape index (κ2) is 11.5. The molecule has 3 aromatic rings. The first-order chi connectivity index (χ1) is 16.7. The lowest BCUT2D eigenvalue weighted by atomic mass is 10.2. The van der Waals surface area contributed by atoms with Gasteiger partial charge in [-0.3, -0.25) is 4.90 Å². The maximum atomic E-state index is 13.2. The van der Waals surface area contributed by atoms with Crippen LogP contribution in [0.2, 0.25) is 5.02 Å². The van der Waals surface area contributed by atoms with Crippen molar-refractivity contribution in [1.82, 2.24) is 5.32 Å². The molecule has 0 bridgehead atoms. The van der Waals surface area contributed by atoms with Gasteiger partial charge in [0.05, 0.1) is 18.4 Å². The number of hydrogen-bond donors (Lipinski definition) is 3. The topological polar surface area (TPSA) is 82.7 Å². The lowest BCUT2D eigenvalue weighted by molar-refractivity contribution is -0.137. The summed E-state index contributed by atoms with van der Waals surface area (Å²) in [5.74, 6) is 0.454. The first-order valence-corrected chi connectivity index (χ1v) is 10.7. The van der Waals surface area contributed by atoms with Crippen molar-refractivity contribution in [1.29, 1.82) is 0 Å². The molecular weight excluding hydrogens is 485 g/mol. The number of hydrogen-bond acceptors (Lipinski definition) is 3. The molecule has 0 atom stereocenters. The average molecular weight is 507 g/mol. The van der Waals surface area contributed by atoms with E-state index in [1.165, 1.54) is 19.2 Å². The minimum Gasteiger partial charge on any atom is -0.495 e. The van der Waals surface area contributed by atoms with Gasteiger partial charge in [-0.2, -0.15) is 13.2 Å². The Labute approximate surface area is 204 Å². The van der Waals surface area contributed by atoms with E-state index in [-0.39, 0.29) is 18.8 Å². The zero-order chi connectivity index (χ0) is 25.4. The third-order valence-corrected chi connectivity index (χ3v) is 5.05. The van der Waals surface area contributed by atoms with E-state index in [4.69, 9.17) is 16.3 Å². The summed E-state index contributed by atoms with van der Waals surface area (Å²) in [6, 6.07) is 16.2. The van der Waals surface area contributed by atoms with Crippen molar-refractivity contribution in [3.8, 4) is 5.75 Å². The molecule has 184 valence electrons. The molecule has 0 spiro atoms. The molecule has 0 aliphatic rings. The van der Waals surface area contributed by atoms with Crippen LogP contribution in [0.4, 0.5) is 39.8 Å². The van der Waals surface area contributed by atoms with E-state index < -0.39 is 23.8 Å². The Balaban J connectivity index is 1.73. The van der Waals surface area contributed by atoms with Gasteiger partial charge in [0.2, 0.25) is 0 Å². The number of nitrogens with zero attached hydrogens (tertiary/aromatic N) is 1. The summed E-state index contributed by atoms with van der Waals surface area (Å²) in [5, 5.41) is 8.29. The minimum absolute atomic E-state index is 0.0122. The number of para-hydroxylation sites is 2. The summed E-state index contributed by atoms with van der Waals surface area (Å²) in [6.45, 7) is -0.161. The highest BCUT2D eigenvalue weighted by atomic mass is 35.5. The van der Waals surface area contributed by atoms with Crippen molar-refractivity contribution in [3.63, 3.8) is 0 Å². The smallest absolute Gasteiger partial charge is 0.416 e. The number of nitrogens with one attached hydrogen (secondary N) is 3. The van der Waals surface area contributed by atoms with E-state index >= 15 is 0 Å². The number of alkyl halides is 3. The number of methoxy groups -OCH3 is 1. The van der Waals surface area contributed by atoms with Gasteiger partial charge >= 0.3 is 18.2 Å². The van der Waals surface area contributed by atoms with Gasteiger partial charge in [-0.15, -0.1) is 0 Å². The summed E-state index contributed by atoms with van der Waals surface area (Å²) in [7, 11) is 1.46. The number of carbonyl (C=O) groups excluding carboxylic acids is 2. The molecule has 0 fully saturated rings. The molecule has 0 saturated carbocycles. The van der Waals surface area contributed by atoms with Crippen molar-refractivity contribution in [2.45, 2.75) is 6.18 Å². The van der Waals surface area contributed by atoms with Gasteiger partial charge in [-0.05, 0) is 54.6 Å². The summed E-state index contributed by atoms with van der Waals surface area (Å²) < 4.78 is 44.9. The Hall–Kier alpha value is -3.92. The number of halogens is 4. The van der Waals surface area contributed by atoms with Crippen molar-refractivity contribution < 1.29 is 27.5 Å². The van der Waals surface area contributed by atoms with Crippen LogP contribution < -0.4 is 25.6 Å². The van der Waals surface area contributed by atoms with E-state index in [0.29, 0.717) is 22.1 Å². The van der Waals surface area contributed by atoms with Gasteiger partial charge in [-0.1, -0.05) is 29.8 Å². The molecule has 0 aliphatic carbocycles. The zero-order valence-corrected chi connectivity index (χ0v) is 19.3. The normalized spacial score (nSPS) is 10.9. The van der Waals surface area contributed by atoms with Crippen LogP contribution in [0.15, 0.2) is 72.8 Å². The summed E-state index contributed by atoms with van der Waals surface area (Å²) in [6.07, 6.45) is -4.58. The number of ether oxygens (including phenoxy) is 1. The van der Waals surface area contributed by atoms with Crippen molar-refractivity contribution in [2.24, 2.45) is 0 Å². The predicted octanol–water partition coefficient (Wildman–Crippen LogP) is 6.23. The molecular formula is C24H22ClF3N4O3. The van der Waals surface area contributed by atoms with Crippen molar-refractivity contribution >= 4 is 40.7 Å². The fourth-order valence-corrected chi connectivity index (χ4v) is 3.24. The van der Waals surface area contributed by atoms with E-state index in [1.807, 2.05) is 0 Å². The monoisotopic (exact) mass is 506 g/mol. The molecule has 4 amide bonds. The fraction of sp³-hybridized carbons (Fsp3) is 0.167. The number of rotatable bonds is 7. The minimum atomic E-state index is -4.58. The van der Waals surface area contributed by atoms with Gasteiger partial charge in [0.25, 0.3) is 0 Å². The Morgan fingerprint density at radius 1 is 0.971 bits per heavy atom. The van der Waals surface area contributed by atoms with E-state index in [1.54, 1.807) is 48.5 Å². The molecule has 3 aromatic carbocycles. The summed E-state index contributed by atoms with van der Waals surface area (Å²) in [4.78, 5) is 26.4. The number of anilines is 3. The molecule has 0 aliphatic heterocycles. The third-order valence-electron chi connectivity index (χ3n) is 4.80. The maximum Gasteiger partial charge on any atom is 0.416 e. The van der Waals surface area contributed by atoms with Crippen LogP contribution in [0.5, 0.6) is 5.75 Å². The highest BCUT2D eigenvalue weighted by Crippen LogP contribution is 2.32. The van der Waals surface area contributed by atoms with Crippen LogP contribution in [-0.2, 0) is 6.18 Å². The Morgan fingerprint density at radius 3 is 2.37 bits per heavy atom. The third kappa shape index (κ3) is 7.28. The van der Waals surface area contributed by atoms with E-state index in [2.05, 4.69) is 16.0 Å². The number of carbonyl (C=O) groups is 2. The Kier molecular flexibility index (Phi) is 8.43. The Bertz CT molecular complexity index is 1170. The van der Waals surface area contributed by atoms with Gasteiger partial charge in [0, 0.05) is 29.5 Å². The molecule has 0 heterocycles. The molecule has 3 N–H and O–H groups in total. The maximum absolute atomic E-state index is 13.2. The highest BCUT2D eigenvalue weighted by molar-refractivity contribution is 6.30.